The molecule has 3 heteroatoms. The fraction of sp³-hybridized carbons (Fsp3) is 0. The van der Waals surface area contributed by atoms with Gasteiger partial charge in [0.1, 0.15) is 5.52 Å². The van der Waals surface area contributed by atoms with Gasteiger partial charge in [0, 0.05) is 16.5 Å². The molecule has 0 saturated heterocycles. The van der Waals surface area contributed by atoms with Gasteiger partial charge in [0.15, 0.2) is 5.58 Å². The van der Waals surface area contributed by atoms with E-state index in [9.17, 15) is 0 Å². The van der Waals surface area contributed by atoms with E-state index in [1.54, 1.807) is 0 Å². The highest BCUT2D eigenvalue weighted by molar-refractivity contribution is 5.99. The van der Waals surface area contributed by atoms with Crippen LogP contribution < -0.4 is 0 Å². The van der Waals surface area contributed by atoms with Gasteiger partial charge in [-0.25, -0.2) is 9.97 Å². The molecule has 9 aromatic rings. The van der Waals surface area contributed by atoms with Gasteiger partial charge >= 0.3 is 0 Å². The standard InChI is InChI=1S/C46H30N2O/c1-3-11-31(12-4-1)35-15-9-17-37(27-35)38-25-26-42-41(29-38)40(30-44(47-42)39-18-10-16-36(28-39)32-13-5-2-6-14-32)33-21-23-34(24-22-33)46-48-43-19-7-8-20-45(43)49-46/h1-30H. The third-order valence-corrected chi connectivity index (χ3v) is 9.11. The number of hydrogen-bond acceptors (Lipinski definition) is 3. The Labute approximate surface area is 284 Å². The van der Waals surface area contributed by atoms with Crippen molar-refractivity contribution in [3.63, 3.8) is 0 Å². The molecule has 0 saturated carbocycles. The van der Waals surface area contributed by atoms with Crippen molar-refractivity contribution < 1.29 is 4.42 Å². The Kier molecular flexibility index (Phi) is 7.14. The van der Waals surface area contributed by atoms with Gasteiger partial charge in [-0.05, 0) is 99.1 Å². The lowest BCUT2D eigenvalue weighted by atomic mass is 9.93. The number of oxazole rings is 1. The summed E-state index contributed by atoms with van der Waals surface area (Å²) in [6.07, 6.45) is 0. The maximum Gasteiger partial charge on any atom is 0.227 e. The first-order chi connectivity index (χ1) is 24.2. The fourth-order valence-corrected chi connectivity index (χ4v) is 6.58. The summed E-state index contributed by atoms with van der Waals surface area (Å²) < 4.78 is 6.08. The van der Waals surface area contributed by atoms with Crippen molar-refractivity contribution in [2.24, 2.45) is 0 Å². The first kappa shape index (κ1) is 28.6. The minimum absolute atomic E-state index is 0.617. The van der Waals surface area contributed by atoms with E-state index in [2.05, 4.69) is 152 Å². The summed E-state index contributed by atoms with van der Waals surface area (Å²) in [5, 5.41) is 1.10. The third-order valence-electron chi connectivity index (χ3n) is 9.11. The van der Waals surface area contributed by atoms with E-state index in [1.807, 2.05) is 30.3 Å². The highest BCUT2D eigenvalue weighted by Crippen LogP contribution is 2.37. The molecule has 2 aromatic heterocycles. The second kappa shape index (κ2) is 12.2. The van der Waals surface area contributed by atoms with Gasteiger partial charge in [0.2, 0.25) is 5.89 Å². The average Bonchev–Trinajstić information content (AvgIpc) is 3.63. The van der Waals surface area contributed by atoms with Gasteiger partial charge in [0.05, 0.1) is 11.2 Å². The maximum absolute atomic E-state index is 6.08. The second-order valence-corrected chi connectivity index (χ2v) is 12.2. The number of aromatic nitrogens is 2. The molecule has 0 aliphatic heterocycles. The number of hydrogen-bond donors (Lipinski definition) is 0. The third kappa shape index (κ3) is 5.58. The van der Waals surface area contributed by atoms with Gasteiger partial charge in [0.25, 0.3) is 0 Å². The molecule has 3 nitrogen and oxygen atoms in total. The molecule has 0 aliphatic carbocycles. The van der Waals surface area contributed by atoms with Crippen molar-refractivity contribution in [2.45, 2.75) is 0 Å². The predicted octanol–water partition coefficient (Wildman–Crippen LogP) is 12.4. The van der Waals surface area contributed by atoms with Crippen LogP contribution in [0.1, 0.15) is 0 Å². The lowest BCUT2D eigenvalue weighted by molar-refractivity contribution is 0.620. The molecule has 0 aliphatic rings. The number of fused-ring (bicyclic) bond motifs is 2. The van der Waals surface area contributed by atoms with Crippen molar-refractivity contribution in [1.82, 2.24) is 9.97 Å². The summed E-state index contributed by atoms with van der Waals surface area (Å²) in [7, 11) is 0. The molecule has 9 rings (SSSR count). The first-order valence-electron chi connectivity index (χ1n) is 16.5. The van der Waals surface area contributed by atoms with Crippen LogP contribution in [0.2, 0.25) is 0 Å². The number of rotatable bonds is 6. The Morgan fingerprint density at radius 3 is 1.55 bits per heavy atom. The molecule has 0 fully saturated rings. The lowest BCUT2D eigenvalue weighted by Gasteiger charge is -2.14. The first-order valence-corrected chi connectivity index (χ1v) is 16.5. The minimum Gasteiger partial charge on any atom is -0.436 e. The van der Waals surface area contributed by atoms with Crippen LogP contribution in [-0.4, -0.2) is 9.97 Å². The fourth-order valence-electron chi connectivity index (χ4n) is 6.58. The van der Waals surface area contributed by atoms with Gasteiger partial charge in [-0.15, -0.1) is 0 Å². The van der Waals surface area contributed by atoms with Crippen LogP contribution in [0.15, 0.2) is 186 Å². The number of para-hydroxylation sites is 2. The zero-order valence-corrected chi connectivity index (χ0v) is 26.6. The van der Waals surface area contributed by atoms with E-state index in [0.717, 1.165) is 61.1 Å². The summed E-state index contributed by atoms with van der Waals surface area (Å²) >= 11 is 0. The van der Waals surface area contributed by atoms with Crippen LogP contribution in [0.4, 0.5) is 0 Å². The van der Waals surface area contributed by atoms with Gasteiger partial charge < -0.3 is 4.42 Å². The molecule has 0 atom stereocenters. The van der Waals surface area contributed by atoms with Gasteiger partial charge in [-0.3, -0.25) is 0 Å². The Hall–Kier alpha value is -6.58. The normalized spacial score (nSPS) is 11.3. The molecular weight excluding hydrogens is 597 g/mol. The van der Waals surface area contributed by atoms with Gasteiger partial charge in [-0.1, -0.05) is 127 Å². The highest BCUT2D eigenvalue weighted by Gasteiger charge is 2.14. The monoisotopic (exact) mass is 626 g/mol. The molecule has 7 aromatic carbocycles. The minimum atomic E-state index is 0.617. The van der Waals surface area contributed by atoms with Crippen LogP contribution in [0.5, 0.6) is 0 Å². The molecule has 0 spiro atoms. The average molecular weight is 627 g/mol. The van der Waals surface area contributed by atoms with Crippen molar-refractivity contribution >= 4 is 22.0 Å². The summed E-state index contributed by atoms with van der Waals surface area (Å²) in [4.78, 5) is 9.95. The zero-order chi connectivity index (χ0) is 32.6. The van der Waals surface area contributed by atoms with Gasteiger partial charge in [-0.2, -0.15) is 0 Å². The zero-order valence-electron chi connectivity index (χ0n) is 26.6. The van der Waals surface area contributed by atoms with Crippen LogP contribution in [0.25, 0.3) is 89.2 Å². The summed E-state index contributed by atoms with van der Waals surface area (Å²) in [5.74, 6) is 0.617. The number of pyridine rings is 1. The second-order valence-electron chi connectivity index (χ2n) is 12.2. The van der Waals surface area contributed by atoms with Crippen molar-refractivity contribution in [3.8, 4) is 67.2 Å². The van der Waals surface area contributed by atoms with E-state index in [0.29, 0.717) is 5.89 Å². The predicted molar refractivity (Wildman–Crippen MR) is 202 cm³/mol. The molecule has 0 N–H and O–H groups in total. The quantitative estimate of drug-likeness (QED) is 0.184. The van der Waals surface area contributed by atoms with Crippen LogP contribution in [0.3, 0.4) is 0 Å². The number of nitrogens with zero attached hydrogens (tertiary/aromatic N) is 2. The maximum atomic E-state index is 6.08. The van der Waals surface area contributed by atoms with Crippen LogP contribution in [-0.2, 0) is 0 Å². The topological polar surface area (TPSA) is 38.9 Å². The summed E-state index contributed by atoms with van der Waals surface area (Å²) in [5.41, 5.74) is 14.8. The molecule has 0 unspecified atom stereocenters. The summed E-state index contributed by atoms with van der Waals surface area (Å²) in [6, 6.07) is 63.6. The molecule has 0 amide bonds. The van der Waals surface area contributed by atoms with E-state index in [1.165, 1.54) is 22.3 Å². The van der Waals surface area contributed by atoms with Crippen LogP contribution >= 0.6 is 0 Å². The Balaban J connectivity index is 1.18. The summed E-state index contributed by atoms with van der Waals surface area (Å²) in [6.45, 7) is 0. The Morgan fingerprint density at radius 1 is 0.327 bits per heavy atom. The van der Waals surface area contributed by atoms with Crippen molar-refractivity contribution in [3.05, 3.63) is 182 Å². The lowest BCUT2D eigenvalue weighted by Crippen LogP contribution is -1.92. The molecule has 0 radical (unpaired) electrons. The SMILES string of the molecule is c1ccc(-c2cccc(-c3ccc4nc(-c5cccc(-c6ccccc6)c5)cc(-c5ccc(-c6nc7ccccc7o6)cc5)c4c3)c2)cc1. The van der Waals surface area contributed by atoms with E-state index in [-0.39, 0.29) is 0 Å². The Morgan fingerprint density at radius 2 is 0.857 bits per heavy atom. The smallest absolute Gasteiger partial charge is 0.227 e. The molecule has 2 heterocycles. The Bertz CT molecular complexity index is 2550. The largest absolute Gasteiger partial charge is 0.436 e. The molecule has 49 heavy (non-hydrogen) atoms. The molecule has 0 bridgehead atoms. The van der Waals surface area contributed by atoms with Crippen molar-refractivity contribution in [2.75, 3.05) is 0 Å². The van der Waals surface area contributed by atoms with E-state index < -0.39 is 0 Å². The highest BCUT2D eigenvalue weighted by atomic mass is 16.3. The van der Waals surface area contributed by atoms with Crippen LogP contribution in [0, 0.1) is 0 Å². The van der Waals surface area contributed by atoms with E-state index in [4.69, 9.17) is 14.4 Å². The molecule has 230 valence electrons. The van der Waals surface area contributed by atoms with E-state index >= 15 is 0 Å². The van der Waals surface area contributed by atoms with Crippen molar-refractivity contribution in [1.29, 1.82) is 0 Å². The molecular formula is C46H30N2O. The number of benzene rings is 7.